The molecule has 1 rings (SSSR count). The van der Waals surface area contributed by atoms with Crippen molar-refractivity contribution in [2.75, 3.05) is 32.9 Å². The van der Waals surface area contributed by atoms with E-state index in [0.717, 1.165) is 26.2 Å². The SMILES string of the molecule is CC(C)(C)C1CN(CCCF)CCN1. The highest BCUT2D eigenvalue weighted by atomic mass is 19.1. The summed E-state index contributed by atoms with van der Waals surface area (Å²) in [5.74, 6) is 0. The smallest absolute Gasteiger partial charge is 0.0906 e. The summed E-state index contributed by atoms with van der Waals surface area (Å²) in [5.41, 5.74) is 0.300. The maximum absolute atomic E-state index is 12.0. The molecule has 84 valence electrons. The van der Waals surface area contributed by atoms with Gasteiger partial charge in [-0.3, -0.25) is 4.39 Å². The molecule has 2 nitrogen and oxygen atoms in total. The second-order valence-electron chi connectivity index (χ2n) is 5.22. The number of nitrogens with one attached hydrogen (secondary N) is 1. The van der Waals surface area contributed by atoms with Crippen LogP contribution in [0.5, 0.6) is 0 Å². The lowest BCUT2D eigenvalue weighted by Crippen LogP contribution is -2.55. The lowest BCUT2D eigenvalue weighted by atomic mass is 9.85. The molecule has 0 aromatic heterocycles. The predicted octanol–water partition coefficient (Wildman–Crippen LogP) is 1.67. The Kier molecular flexibility index (Phi) is 4.32. The molecule has 0 aliphatic carbocycles. The van der Waals surface area contributed by atoms with E-state index in [2.05, 4.69) is 31.0 Å². The monoisotopic (exact) mass is 202 g/mol. The van der Waals surface area contributed by atoms with E-state index in [1.54, 1.807) is 0 Å². The molecule has 1 fully saturated rings. The Labute approximate surface area is 86.9 Å². The molecule has 1 N–H and O–H groups in total. The minimum Gasteiger partial charge on any atom is -0.311 e. The number of halogens is 1. The predicted molar refractivity (Wildman–Crippen MR) is 58.3 cm³/mol. The zero-order chi connectivity index (χ0) is 10.6. The normalized spacial score (nSPS) is 25.3. The highest BCUT2D eigenvalue weighted by Crippen LogP contribution is 2.21. The molecule has 1 unspecified atom stereocenters. The van der Waals surface area contributed by atoms with E-state index in [0.29, 0.717) is 17.9 Å². The zero-order valence-electron chi connectivity index (χ0n) is 9.65. The molecule has 14 heavy (non-hydrogen) atoms. The van der Waals surface area contributed by atoms with Crippen LogP contribution in [0.15, 0.2) is 0 Å². The van der Waals surface area contributed by atoms with Gasteiger partial charge < -0.3 is 10.2 Å². The van der Waals surface area contributed by atoms with Gasteiger partial charge in [0, 0.05) is 32.2 Å². The summed E-state index contributed by atoms with van der Waals surface area (Å²) in [6, 6.07) is 0.538. The van der Waals surface area contributed by atoms with Gasteiger partial charge in [0.25, 0.3) is 0 Å². The summed E-state index contributed by atoms with van der Waals surface area (Å²) < 4.78 is 12.0. The van der Waals surface area contributed by atoms with Gasteiger partial charge in [-0.1, -0.05) is 20.8 Å². The number of hydrogen-bond acceptors (Lipinski definition) is 2. The van der Waals surface area contributed by atoms with Gasteiger partial charge in [-0.25, -0.2) is 0 Å². The van der Waals surface area contributed by atoms with Crippen LogP contribution < -0.4 is 5.32 Å². The van der Waals surface area contributed by atoms with Crippen molar-refractivity contribution in [3.8, 4) is 0 Å². The van der Waals surface area contributed by atoms with Gasteiger partial charge in [-0.15, -0.1) is 0 Å². The van der Waals surface area contributed by atoms with E-state index in [-0.39, 0.29) is 6.67 Å². The van der Waals surface area contributed by atoms with Crippen LogP contribution in [-0.4, -0.2) is 43.8 Å². The van der Waals surface area contributed by atoms with Crippen molar-refractivity contribution in [1.29, 1.82) is 0 Å². The third-order valence-electron chi connectivity index (χ3n) is 2.91. The summed E-state index contributed by atoms with van der Waals surface area (Å²) in [5, 5.41) is 3.53. The van der Waals surface area contributed by atoms with E-state index < -0.39 is 0 Å². The Hall–Kier alpha value is -0.150. The van der Waals surface area contributed by atoms with Crippen molar-refractivity contribution in [1.82, 2.24) is 10.2 Å². The Morgan fingerprint density at radius 1 is 1.43 bits per heavy atom. The van der Waals surface area contributed by atoms with Crippen molar-refractivity contribution in [3.05, 3.63) is 0 Å². The van der Waals surface area contributed by atoms with Crippen molar-refractivity contribution >= 4 is 0 Å². The Balaban J connectivity index is 2.36. The molecule has 0 spiro atoms. The first-order valence-electron chi connectivity index (χ1n) is 5.56. The molecule has 0 aromatic carbocycles. The molecule has 0 aromatic rings. The van der Waals surface area contributed by atoms with Crippen LogP contribution in [0.4, 0.5) is 4.39 Å². The third-order valence-corrected chi connectivity index (χ3v) is 2.91. The topological polar surface area (TPSA) is 15.3 Å². The summed E-state index contributed by atoms with van der Waals surface area (Å²) >= 11 is 0. The first kappa shape index (κ1) is 11.9. The lowest BCUT2D eigenvalue weighted by Gasteiger charge is -2.40. The number of piperazine rings is 1. The third kappa shape index (κ3) is 3.54. The molecule has 0 amide bonds. The maximum atomic E-state index is 12.0. The molecular weight excluding hydrogens is 179 g/mol. The average molecular weight is 202 g/mol. The molecule has 0 radical (unpaired) electrons. The fourth-order valence-corrected chi connectivity index (χ4v) is 1.88. The largest absolute Gasteiger partial charge is 0.311 e. The van der Waals surface area contributed by atoms with Gasteiger partial charge in [0.15, 0.2) is 0 Å². The van der Waals surface area contributed by atoms with Crippen molar-refractivity contribution in [3.63, 3.8) is 0 Å². The van der Waals surface area contributed by atoms with Gasteiger partial charge in [0.2, 0.25) is 0 Å². The average Bonchev–Trinajstić information content (AvgIpc) is 2.14. The van der Waals surface area contributed by atoms with Gasteiger partial charge in [-0.2, -0.15) is 0 Å². The highest BCUT2D eigenvalue weighted by molar-refractivity contribution is 4.87. The van der Waals surface area contributed by atoms with Crippen LogP contribution in [0.2, 0.25) is 0 Å². The standard InChI is InChI=1S/C11H23FN2/c1-11(2,3)10-9-14(7-4-5-12)8-6-13-10/h10,13H,4-9H2,1-3H3. The Morgan fingerprint density at radius 2 is 2.14 bits per heavy atom. The molecule has 1 aliphatic heterocycles. The molecule has 0 saturated carbocycles. The first-order chi connectivity index (χ1) is 6.54. The second kappa shape index (κ2) is 5.08. The summed E-state index contributed by atoms with van der Waals surface area (Å²) in [6.07, 6.45) is 0.677. The molecule has 3 heteroatoms. The molecule has 1 aliphatic rings. The first-order valence-corrected chi connectivity index (χ1v) is 5.56. The molecule has 1 atom stereocenters. The van der Waals surface area contributed by atoms with E-state index in [1.807, 2.05) is 0 Å². The number of alkyl halides is 1. The van der Waals surface area contributed by atoms with Crippen LogP contribution >= 0.6 is 0 Å². The summed E-state index contributed by atoms with van der Waals surface area (Å²) in [6.45, 7) is 10.6. The second-order valence-corrected chi connectivity index (χ2v) is 5.22. The molecule has 1 saturated heterocycles. The molecule has 0 bridgehead atoms. The number of rotatable bonds is 3. The molecular formula is C11H23FN2. The van der Waals surface area contributed by atoms with Crippen molar-refractivity contribution < 1.29 is 4.39 Å². The molecule has 1 heterocycles. The zero-order valence-corrected chi connectivity index (χ0v) is 9.65. The van der Waals surface area contributed by atoms with Gasteiger partial charge in [0.1, 0.15) is 0 Å². The van der Waals surface area contributed by atoms with Crippen LogP contribution in [0.25, 0.3) is 0 Å². The summed E-state index contributed by atoms with van der Waals surface area (Å²) in [4.78, 5) is 2.37. The van der Waals surface area contributed by atoms with Crippen LogP contribution in [0.3, 0.4) is 0 Å². The van der Waals surface area contributed by atoms with Crippen LogP contribution in [0.1, 0.15) is 27.2 Å². The van der Waals surface area contributed by atoms with E-state index in [4.69, 9.17) is 0 Å². The highest BCUT2D eigenvalue weighted by Gasteiger charge is 2.28. The van der Waals surface area contributed by atoms with E-state index in [1.165, 1.54) is 0 Å². The maximum Gasteiger partial charge on any atom is 0.0906 e. The summed E-state index contributed by atoms with van der Waals surface area (Å²) in [7, 11) is 0. The fraction of sp³-hybridized carbons (Fsp3) is 1.00. The van der Waals surface area contributed by atoms with Gasteiger partial charge in [0.05, 0.1) is 6.67 Å². The van der Waals surface area contributed by atoms with Crippen molar-refractivity contribution in [2.45, 2.75) is 33.2 Å². The number of hydrogen-bond donors (Lipinski definition) is 1. The minimum atomic E-state index is -0.190. The lowest BCUT2D eigenvalue weighted by molar-refractivity contribution is 0.131. The Morgan fingerprint density at radius 3 is 2.71 bits per heavy atom. The van der Waals surface area contributed by atoms with E-state index >= 15 is 0 Å². The quantitative estimate of drug-likeness (QED) is 0.749. The fourth-order valence-electron chi connectivity index (χ4n) is 1.88. The van der Waals surface area contributed by atoms with Gasteiger partial charge >= 0.3 is 0 Å². The van der Waals surface area contributed by atoms with Crippen molar-refractivity contribution in [2.24, 2.45) is 5.41 Å². The van der Waals surface area contributed by atoms with Crippen LogP contribution in [-0.2, 0) is 0 Å². The van der Waals surface area contributed by atoms with E-state index in [9.17, 15) is 4.39 Å². The Bertz CT molecular complexity index is 165. The minimum absolute atomic E-state index is 0.190. The number of nitrogens with zero attached hydrogens (tertiary/aromatic N) is 1. The van der Waals surface area contributed by atoms with Crippen LogP contribution in [0, 0.1) is 5.41 Å². The van der Waals surface area contributed by atoms with Gasteiger partial charge in [-0.05, 0) is 11.8 Å².